The van der Waals surface area contributed by atoms with Crippen LogP contribution in [0.5, 0.6) is 17.2 Å². The number of hydrogen-bond acceptors (Lipinski definition) is 11. The lowest BCUT2D eigenvalue weighted by molar-refractivity contribution is 0.0950. The molecule has 0 aliphatic heterocycles. The molecule has 1 amide bonds. The number of aromatic nitrogens is 5. The first kappa shape index (κ1) is 25.2. The number of nitrogen functional groups attached to an aromatic ring is 1. The van der Waals surface area contributed by atoms with Crippen molar-refractivity contribution in [2.75, 3.05) is 26.1 Å². The third-order valence-electron chi connectivity index (χ3n) is 5.23. The van der Waals surface area contributed by atoms with Crippen molar-refractivity contribution in [2.45, 2.75) is 20.8 Å². The van der Waals surface area contributed by atoms with E-state index in [2.05, 4.69) is 31.2 Å². The Labute approximate surface area is 212 Å². The van der Waals surface area contributed by atoms with Gasteiger partial charge in [0, 0.05) is 11.1 Å². The van der Waals surface area contributed by atoms with Crippen molar-refractivity contribution in [3.05, 3.63) is 53.7 Å². The van der Waals surface area contributed by atoms with Gasteiger partial charge in [-0.3, -0.25) is 4.79 Å². The summed E-state index contributed by atoms with van der Waals surface area (Å²) in [5.41, 5.74) is 10.6. The molecule has 4 rings (SSSR count). The molecule has 13 nitrogen and oxygen atoms in total. The number of nitrogens with zero attached hydrogens (tertiary/aromatic N) is 6. The molecule has 37 heavy (non-hydrogen) atoms. The molecule has 0 aliphatic carbocycles. The highest BCUT2D eigenvalue weighted by molar-refractivity contribution is 6.02. The number of carbonyl (C=O) groups is 1. The van der Waals surface area contributed by atoms with Crippen molar-refractivity contribution < 1.29 is 23.6 Å². The second kappa shape index (κ2) is 11.2. The fraction of sp³-hybridized carbons (Fsp3) is 0.250. The van der Waals surface area contributed by atoms with E-state index in [0.29, 0.717) is 47.4 Å². The second-order valence-electron chi connectivity index (χ2n) is 7.57. The van der Waals surface area contributed by atoms with Gasteiger partial charge in [0.25, 0.3) is 5.91 Å². The van der Waals surface area contributed by atoms with Crippen LogP contribution < -0.4 is 25.4 Å². The topological polar surface area (TPSA) is 165 Å². The summed E-state index contributed by atoms with van der Waals surface area (Å²) in [6.45, 7) is 6.56. The van der Waals surface area contributed by atoms with Gasteiger partial charge < -0.3 is 19.9 Å². The molecule has 0 unspecified atom stereocenters. The van der Waals surface area contributed by atoms with Gasteiger partial charge in [-0.1, -0.05) is 5.21 Å². The molecule has 0 bridgehead atoms. The van der Waals surface area contributed by atoms with Gasteiger partial charge in [0.15, 0.2) is 17.2 Å². The fourth-order valence-electron chi connectivity index (χ4n) is 3.48. The summed E-state index contributed by atoms with van der Waals surface area (Å²) < 4.78 is 22.4. The van der Waals surface area contributed by atoms with Crippen molar-refractivity contribution in [3.63, 3.8) is 0 Å². The fourth-order valence-corrected chi connectivity index (χ4v) is 3.48. The molecule has 0 fully saturated rings. The maximum absolute atomic E-state index is 13.2. The van der Waals surface area contributed by atoms with Crippen molar-refractivity contribution in [2.24, 2.45) is 5.10 Å². The van der Waals surface area contributed by atoms with Crippen LogP contribution in [-0.2, 0) is 0 Å². The molecule has 0 atom stereocenters. The summed E-state index contributed by atoms with van der Waals surface area (Å²) in [7, 11) is 1.55. The van der Waals surface area contributed by atoms with Gasteiger partial charge in [0.05, 0.1) is 26.0 Å². The minimum absolute atomic E-state index is 0.00705. The predicted octanol–water partition coefficient (Wildman–Crippen LogP) is 2.86. The highest BCUT2D eigenvalue weighted by Gasteiger charge is 2.25. The number of nitrogens with two attached hydrogens (primary N) is 1. The molecule has 192 valence electrons. The minimum Gasteiger partial charge on any atom is -0.494 e. The molecule has 0 aliphatic rings. The van der Waals surface area contributed by atoms with Crippen LogP contribution in [0.4, 0.5) is 5.82 Å². The van der Waals surface area contributed by atoms with Crippen LogP contribution in [0.15, 0.2) is 52.2 Å². The lowest BCUT2D eigenvalue weighted by Crippen LogP contribution is -2.21. The van der Waals surface area contributed by atoms with Crippen LogP contribution in [0, 0.1) is 0 Å². The molecule has 2 aromatic carbocycles. The summed E-state index contributed by atoms with van der Waals surface area (Å²) in [4.78, 5) is 13.2. The number of hydrogen-bond donors (Lipinski definition) is 2. The lowest BCUT2D eigenvalue weighted by atomic mass is 10.1. The van der Waals surface area contributed by atoms with E-state index in [-0.39, 0.29) is 17.3 Å². The second-order valence-corrected chi connectivity index (χ2v) is 7.57. The van der Waals surface area contributed by atoms with Gasteiger partial charge in [-0.15, -0.1) is 5.10 Å². The van der Waals surface area contributed by atoms with E-state index >= 15 is 0 Å². The van der Waals surface area contributed by atoms with E-state index in [0.717, 1.165) is 5.56 Å². The molecule has 0 saturated carbocycles. The van der Waals surface area contributed by atoms with Crippen LogP contribution in [0.2, 0.25) is 0 Å². The Kier molecular flexibility index (Phi) is 7.62. The smallest absolute Gasteiger partial charge is 0.294 e. The zero-order valence-electron chi connectivity index (χ0n) is 20.8. The van der Waals surface area contributed by atoms with E-state index in [1.165, 1.54) is 4.68 Å². The third kappa shape index (κ3) is 5.34. The summed E-state index contributed by atoms with van der Waals surface area (Å²) in [6, 6.07) is 12.4. The van der Waals surface area contributed by atoms with Gasteiger partial charge in [-0.2, -0.15) is 9.78 Å². The first-order chi connectivity index (χ1) is 18.0. The number of methoxy groups -OCH3 is 1. The molecule has 0 spiro atoms. The highest BCUT2D eigenvalue weighted by Crippen LogP contribution is 2.29. The van der Waals surface area contributed by atoms with Crippen LogP contribution in [0.1, 0.15) is 36.8 Å². The molecule has 0 radical (unpaired) electrons. The average molecular weight is 507 g/mol. The highest BCUT2D eigenvalue weighted by atomic mass is 16.6. The molecule has 3 N–H and O–H groups in total. The van der Waals surface area contributed by atoms with Crippen LogP contribution >= 0.6 is 0 Å². The molecule has 4 aromatic rings. The predicted molar refractivity (Wildman–Crippen MR) is 134 cm³/mol. The molecule has 13 heteroatoms. The van der Waals surface area contributed by atoms with Crippen molar-refractivity contribution in [3.8, 4) is 34.3 Å². The largest absolute Gasteiger partial charge is 0.494 e. The molecule has 0 saturated heterocycles. The van der Waals surface area contributed by atoms with Gasteiger partial charge in [0.1, 0.15) is 11.4 Å². The normalized spacial score (nSPS) is 11.3. The van der Waals surface area contributed by atoms with Crippen molar-refractivity contribution in [1.82, 2.24) is 30.7 Å². The van der Waals surface area contributed by atoms with Gasteiger partial charge >= 0.3 is 0 Å². The maximum atomic E-state index is 13.2. The quantitative estimate of drug-likeness (QED) is 0.241. The number of rotatable bonds is 10. The van der Waals surface area contributed by atoms with Gasteiger partial charge in [-0.25, -0.2) is 10.1 Å². The Morgan fingerprint density at radius 3 is 2.49 bits per heavy atom. The maximum Gasteiger partial charge on any atom is 0.294 e. The first-order valence-electron chi connectivity index (χ1n) is 11.4. The number of carbonyl (C=O) groups excluding carboxylic acids is 1. The van der Waals surface area contributed by atoms with E-state index in [1.807, 2.05) is 19.9 Å². The van der Waals surface area contributed by atoms with E-state index in [1.54, 1.807) is 50.4 Å². The standard InChI is InChI=1S/C24H26N8O5/c1-5-35-17-10-7-15(8-11-17)21-20(27-31-32(21)23-22(25)29-37-30-23)24(33)28-26-14(3)16-9-12-18(36-6-2)19(13-16)34-4/h7-13H,5-6H2,1-4H3,(H2,25,29)(H,28,33)/b26-14+. The van der Waals surface area contributed by atoms with Crippen LogP contribution in [0.3, 0.4) is 0 Å². The zero-order valence-corrected chi connectivity index (χ0v) is 20.8. The summed E-state index contributed by atoms with van der Waals surface area (Å²) >= 11 is 0. The van der Waals surface area contributed by atoms with Gasteiger partial charge in [0.2, 0.25) is 11.6 Å². The van der Waals surface area contributed by atoms with Crippen LogP contribution in [-0.4, -0.2) is 57.2 Å². The molecular formula is C24H26N8O5. The SMILES string of the molecule is CCOc1ccc(-c2c(C(=O)N/N=C(\C)c3ccc(OCC)c(OC)c3)nnn2-c2nonc2N)cc1. The number of nitrogens with one attached hydrogen (secondary N) is 1. The zero-order chi connectivity index (χ0) is 26.4. The van der Waals surface area contributed by atoms with Crippen LogP contribution in [0.25, 0.3) is 17.1 Å². The molecule has 2 aromatic heterocycles. The Balaban J connectivity index is 1.66. The average Bonchev–Trinajstić information content (AvgIpc) is 3.54. The third-order valence-corrected chi connectivity index (χ3v) is 5.23. The van der Waals surface area contributed by atoms with Crippen molar-refractivity contribution in [1.29, 1.82) is 0 Å². The number of ether oxygens (including phenoxy) is 3. The van der Waals surface area contributed by atoms with E-state index in [4.69, 9.17) is 24.6 Å². The lowest BCUT2D eigenvalue weighted by Gasteiger charge is -2.11. The Hall–Kier alpha value is -4.94. The number of amides is 1. The Bertz CT molecular complexity index is 1410. The summed E-state index contributed by atoms with van der Waals surface area (Å²) in [5, 5.41) is 19.7. The first-order valence-corrected chi connectivity index (χ1v) is 11.4. The van der Waals surface area contributed by atoms with Crippen molar-refractivity contribution >= 4 is 17.4 Å². The molecular weight excluding hydrogens is 480 g/mol. The van der Waals surface area contributed by atoms with Gasteiger partial charge in [-0.05, 0) is 73.5 Å². The van der Waals surface area contributed by atoms with E-state index < -0.39 is 5.91 Å². The minimum atomic E-state index is -0.595. The summed E-state index contributed by atoms with van der Waals surface area (Å²) in [6.07, 6.45) is 0. The number of anilines is 1. The number of benzene rings is 2. The number of hydrazone groups is 1. The van der Waals surface area contributed by atoms with E-state index in [9.17, 15) is 4.79 Å². The Morgan fingerprint density at radius 1 is 1.08 bits per heavy atom. The molecule has 2 heterocycles. The summed E-state index contributed by atoms with van der Waals surface area (Å²) in [5.74, 6) is 1.33. The monoisotopic (exact) mass is 506 g/mol. The Morgan fingerprint density at radius 2 is 1.84 bits per heavy atom.